The zero-order valence-electron chi connectivity index (χ0n) is 14.5. The number of hydrogen-bond acceptors (Lipinski definition) is 4. The lowest BCUT2D eigenvalue weighted by Crippen LogP contribution is -2.51. The predicted molar refractivity (Wildman–Crippen MR) is 91.7 cm³/mol. The topological polar surface area (TPSA) is 110 Å². The van der Waals surface area contributed by atoms with Crippen LogP contribution in [0.5, 0.6) is 0 Å². The quantitative estimate of drug-likeness (QED) is 0.755. The first-order chi connectivity index (χ1) is 11.0. The van der Waals surface area contributed by atoms with Crippen molar-refractivity contribution in [3.63, 3.8) is 0 Å². The molecule has 0 atom stereocenters. The van der Waals surface area contributed by atoms with Crippen LogP contribution in [-0.2, 0) is 26.0 Å². The molecule has 1 aromatic carbocycles. The highest BCUT2D eigenvalue weighted by Crippen LogP contribution is 2.13. The third-order valence-corrected chi connectivity index (χ3v) is 4.45. The number of amides is 2. The van der Waals surface area contributed by atoms with Gasteiger partial charge in [0.2, 0.25) is 10.0 Å². The number of sulfonamides is 1. The van der Waals surface area contributed by atoms with Crippen molar-refractivity contribution in [3.8, 4) is 0 Å². The summed E-state index contributed by atoms with van der Waals surface area (Å²) in [6, 6.07) is 6.08. The van der Waals surface area contributed by atoms with Crippen LogP contribution in [0, 0.1) is 0 Å². The van der Waals surface area contributed by atoms with Crippen LogP contribution in [0.15, 0.2) is 29.2 Å². The fraction of sp³-hybridized carbons (Fsp3) is 0.500. The molecule has 134 valence electrons. The fourth-order valence-corrected chi connectivity index (χ4v) is 2.80. The van der Waals surface area contributed by atoms with Crippen molar-refractivity contribution in [3.05, 3.63) is 29.8 Å². The van der Waals surface area contributed by atoms with Crippen molar-refractivity contribution >= 4 is 21.8 Å². The maximum atomic E-state index is 12.2. The van der Waals surface area contributed by atoms with E-state index in [9.17, 15) is 18.0 Å². The Hall–Kier alpha value is -1.93. The number of nitrogens with one attached hydrogen (secondary N) is 1. The van der Waals surface area contributed by atoms with Crippen LogP contribution in [-0.4, -0.2) is 43.8 Å². The van der Waals surface area contributed by atoms with Crippen LogP contribution >= 0.6 is 0 Å². The lowest BCUT2D eigenvalue weighted by atomic mass is 10.1. The van der Waals surface area contributed by atoms with Crippen LogP contribution in [0.1, 0.15) is 33.3 Å². The first kappa shape index (κ1) is 20.1. The third kappa shape index (κ3) is 5.61. The molecule has 0 aliphatic carbocycles. The molecular weight excluding hydrogens is 330 g/mol. The minimum Gasteiger partial charge on any atom is -0.347 e. The Balaban J connectivity index is 2.58. The molecule has 3 N–H and O–H groups in total. The maximum absolute atomic E-state index is 12.2. The van der Waals surface area contributed by atoms with Gasteiger partial charge in [-0.1, -0.05) is 12.1 Å². The number of nitrogens with two attached hydrogens (primary N) is 1. The summed E-state index contributed by atoms with van der Waals surface area (Å²) in [7, 11) is -3.71. The highest BCUT2D eigenvalue weighted by atomic mass is 32.2. The van der Waals surface area contributed by atoms with Gasteiger partial charge in [-0.2, -0.15) is 0 Å². The molecule has 0 aromatic heterocycles. The molecule has 0 spiro atoms. The van der Waals surface area contributed by atoms with Crippen molar-refractivity contribution in [2.24, 2.45) is 5.14 Å². The predicted octanol–water partition coefficient (Wildman–Crippen LogP) is 0.640. The van der Waals surface area contributed by atoms with Gasteiger partial charge in [-0.25, -0.2) is 13.6 Å². The van der Waals surface area contributed by atoms with Gasteiger partial charge in [0.25, 0.3) is 0 Å². The van der Waals surface area contributed by atoms with Gasteiger partial charge in [0.1, 0.15) is 0 Å². The first-order valence-electron chi connectivity index (χ1n) is 7.68. The van der Waals surface area contributed by atoms with Crippen LogP contribution in [0.4, 0.5) is 0 Å². The average molecular weight is 355 g/mol. The van der Waals surface area contributed by atoms with E-state index in [0.717, 1.165) is 5.56 Å². The molecule has 0 fully saturated rings. The number of carbonyl (C=O) groups is 2. The van der Waals surface area contributed by atoms with Gasteiger partial charge >= 0.3 is 11.8 Å². The standard InChI is InChI=1S/C16H25N3O4S/c1-5-19(16(2,3)4)15(21)14(20)18-11-10-12-6-8-13(9-7-12)24(17,22)23/h6-9H,5,10-11H2,1-4H3,(H,18,20)(H2,17,22,23). The van der Waals surface area contributed by atoms with E-state index in [-0.39, 0.29) is 11.4 Å². The number of carbonyl (C=O) groups excluding carboxylic acids is 2. The van der Waals surface area contributed by atoms with Crippen molar-refractivity contribution in [1.82, 2.24) is 10.2 Å². The molecule has 0 saturated carbocycles. The molecule has 0 heterocycles. The fourth-order valence-electron chi connectivity index (χ4n) is 2.29. The summed E-state index contributed by atoms with van der Waals surface area (Å²) in [5, 5.41) is 7.62. The Morgan fingerprint density at radius 1 is 1.17 bits per heavy atom. The second kappa shape index (κ2) is 7.76. The molecular formula is C16H25N3O4S. The molecule has 1 aromatic rings. The minimum absolute atomic E-state index is 0.0363. The second-order valence-electron chi connectivity index (χ2n) is 6.42. The van der Waals surface area contributed by atoms with Gasteiger partial charge in [0, 0.05) is 18.6 Å². The van der Waals surface area contributed by atoms with Gasteiger partial charge in [-0.15, -0.1) is 0 Å². The lowest BCUT2D eigenvalue weighted by Gasteiger charge is -2.34. The smallest absolute Gasteiger partial charge is 0.312 e. The van der Waals surface area contributed by atoms with Crippen LogP contribution in [0.2, 0.25) is 0 Å². The summed E-state index contributed by atoms with van der Waals surface area (Å²) in [4.78, 5) is 25.7. The summed E-state index contributed by atoms with van der Waals surface area (Å²) in [6.45, 7) is 8.16. The first-order valence-corrected chi connectivity index (χ1v) is 9.23. The number of rotatable bonds is 5. The van der Waals surface area contributed by atoms with Gasteiger partial charge in [0.15, 0.2) is 0 Å². The van der Waals surface area contributed by atoms with E-state index < -0.39 is 27.4 Å². The molecule has 2 amide bonds. The second-order valence-corrected chi connectivity index (χ2v) is 7.98. The Morgan fingerprint density at radius 3 is 2.12 bits per heavy atom. The van der Waals surface area contributed by atoms with Crippen molar-refractivity contribution < 1.29 is 18.0 Å². The molecule has 7 nitrogen and oxygen atoms in total. The molecule has 0 unspecified atom stereocenters. The van der Waals surface area contributed by atoms with Crippen molar-refractivity contribution in [1.29, 1.82) is 0 Å². The number of hydrogen-bond donors (Lipinski definition) is 2. The molecule has 0 aliphatic heterocycles. The van der Waals surface area contributed by atoms with E-state index >= 15 is 0 Å². The normalized spacial score (nSPS) is 11.9. The Bertz CT molecular complexity index is 691. The number of likely N-dealkylation sites (N-methyl/N-ethyl adjacent to an activating group) is 1. The maximum Gasteiger partial charge on any atom is 0.312 e. The summed E-state index contributed by atoms with van der Waals surface area (Å²) in [5.41, 5.74) is 0.408. The number of nitrogens with zero attached hydrogens (tertiary/aromatic N) is 1. The molecule has 0 saturated heterocycles. The molecule has 0 bridgehead atoms. The Labute approximate surface area is 143 Å². The summed E-state index contributed by atoms with van der Waals surface area (Å²) in [6.07, 6.45) is 0.478. The van der Waals surface area contributed by atoms with Gasteiger partial charge in [0.05, 0.1) is 4.90 Å². The molecule has 1 rings (SSSR count). The lowest BCUT2D eigenvalue weighted by molar-refractivity contribution is -0.148. The van der Waals surface area contributed by atoms with Gasteiger partial charge in [-0.05, 0) is 51.8 Å². The largest absolute Gasteiger partial charge is 0.347 e. The van der Waals surface area contributed by atoms with E-state index in [1.54, 1.807) is 12.1 Å². The van der Waals surface area contributed by atoms with Gasteiger partial charge in [-0.3, -0.25) is 9.59 Å². The molecule has 24 heavy (non-hydrogen) atoms. The van der Waals surface area contributed by atoms with E-state index in [2.05, 4.69) is 5.32 Å². The highest BCUT2D eigenvalue weighted by Gasteiger charge is 2.29. The van der Waals surface area contributed by atoms with Crippen molar-refractivity contribution in [2.75, 3.05) is 13.1 Å². The molecule has 0 aliphatic rings. The van der Waals surface area contributed by atoms with E-state index in [4.69, 9.17) is 5.14 Å². The summed E-state index contributed by atoms with van der Waals surface area (Å²) >= 11 is 0. The number of primary sulfonamides is 1. The van der Waals surface area contributed by atoms with E-state index in [1.807, 2.05) is 27.7 Å². The Kier molecular flexibility index (Phi) is 6.50. The summed E-state index contributed by atoms with van der Waals surface area (Å²) < 4.78 is 22.3. The van der Waals surface area contributed by atoms with E-state index in [1.165, 1.54) is 17.0 Å². The Morgan fingerprint density at radius 2 is 1.71 bits per heavy atom. The number of benzene rings is 1. The third-order valence-electron chi connectivity index (χ3n) is 3.52. The van der Waals surface area contributed by atoms with E-state index in [0.29, 0.717) is 13.0 Å². The average Bonchev–Trinajstić information content (AvgIpc) is 2.45. The molecule has 8 heteroatoms. The summed E-state index contributed by atoms with van der Waals surface area (Å²) in [5.74, 6) is -1.21. The van der Waals surface area contributed by atoms with Gasteiger partial charge < -0.3 is 10.2 Å². The monoisotopic (exact) mass is 355 g/mol. The minimum atomic E-state index is -3.71. The SMILES string of the molecule is CCN(C(=O)C(=O)NCCc1ccc(S(N)(=O)=O)cc1)C(C)(C)C. The van der Waals surface area contributed by atoms with Crippen LogP contribution < -0.4 is 10.5 Å². The zero-order chi connectivity index (χ0) is 18.5. The van der Waals surface area contributed by atoms with Crippen LogP contribution in [0.25, 0.3) is 0 Å². The zero-order valence-corrected chi connectivity index (χ0v) is 15.3. The molecule has 0 radical (unpaired) electrons. The van der Waals surface area contributed by atoms with Crippen molar-refractivity contribution in [2.45, 2.75) is 44.6 Å². The highest BCUT2D eigenvalue weighted by molar-refractivity contribution is 7.89. The van der Waals surface area contributed by atoms with Crippen LogP contribution in [0.3, 0.4) is 0 Å².